The van der Waals surface area contributed by atoms with E-state index in [4.69, 9.17) is 11.6 Å². The number of nitrogens with zero attached hydrogens (tertiary/aromatic N) is 5. The van der Waals surface area contributed by atoms with E-state index in [1.165, 1.54) is 12.5 Å². The zero-order valence-electron chi connectivity index (χ0n) is 22.5. The molecule has 0 radical (unpaired) electrons. The number of likely N-dealkylation sites (tertiary alicyclic amines) is 1. The molecule has 2 aromatic heterocycles. The first-order chi connectivity index (χ1) is 18.6. The van der Waals surface area contributed by atoms with Crippen LogP contribution < -0.4 is 5.32 Å². The SMILES string of the molecule is CC(C)N(C)[C@@H]1CC[C@H](N2CC[C@H](Nc3ncnc4ncc(Cl)cc34)C2=O)[C@H](CS(=O)(=O)c2ccccc2)C1. The summed E-state index contributed by atoms with van der Waals surface area (Å²) in [7, 11) is -1.40. The third-order valence-corrected chi connectivity index (χ3v) is 10.3. The number of rotatable bonds is 8. The number of halogens is 1. The Bertz CT molecular complexity index is 1440. The maximum Gasteiger partial charge on any atom is 0.245 e. The summed E-state index contributed by atoms with van der Waals surface area (Å²) in [4.78, 5) is 31.1. The lowest BCUT2D eigenvalue weighted by molar-refractivity contribution is -0.132. The molecule has 0 bridgehead atoms. The Morgan fingerprint density at radius 2 is 1.90 bits per heavy atom. The lowest BCUT2D eigenvalue weighted by atomic mass is 9.81. The van der Waals surface area contributed by atoms with Gasteiger partial charge in [-0.2, -0.15) is 0 Å². The molecular weight excluding hydrogens is 536 g/mol. The van der Waals surface area contributed by atoms with Gasteiger partial charge in [0, 0.05) is 30.9 Å². The van der Waals surface area contributed by atoms with Gasteiger partial charge in [0.25, 0.3) is 0 Å². The van der Waals surface area contributed by atoms with Crippen molar-refractivity contribution in [2.75, 3.05) is 24.7 Å². The number of fused-ring (bicyclic) bond motifs is 1. The van der Waals surface area contributed by atoms with Crippen molar-refractivity contribution in [3.05, 3.63) is 53.9 Å². The fourth-order valence-electron chi connectivity index (χ4n) is 5.98. The van der Waals surface area contributed by atoms with Crippen molar-refractivity contribution < 1.29 is 13.2 Å². The molecule has 11 heteroatoms. The topological polar surface area (TPSA) is 108 Å². The molecule has 1 N–H and O–H groups in total. The predicted molar refractivity (Wildman–Crippen MR) is 152 cm³/mol. The van der Waals surface area contributed by atoms with Crippen LogP contribution in [0.25, 0.3) is 11.0 Å². The molecule has 3 aromatic rings. The molecule has 1 saturated heterocycles. The minimum atomic E-state index is -3.51. The standard InChI is InChI=1S/C28H35ClN6O3S/c1-18(2)34(3)21-9-10-25(19(13-21)16-39(37,38)22-7-5-4-6-8-22)35-12-11-24(28(35)36)33-27-23-14-20(29)15-30-26(23)31-17-32-27/h4-8,14-15,17-19,21,24-25H,9-13,16H2,1-3H3,(H,30,31,32,33)/t19-,21+,24-,25-/m0/s1. The van der Waals surface area contributed by atoms with E-state index < -0.39 is 15.9 Å². The van der Waals surface area contributed by atoms with E-state index in [2.05, 4.69) is 46.1 Å². The molecule has 5 rings (SSSR count). The first-order valence-electron chi connectivity index (χ1n) is 13.5. The number of benzene rings is 1. The van der Waals surface area contributed by atoms with Gasteiger partial charge in [0.05, 0.1) is 21.1 Å². The van der Waals surface area contributed by atoms with Gasteiger partial charge in [0.1, 0.15) is 18.2 Å². The first kappa shape index (κ1) is 27.7. The number of sulfone groups is 1. The van der Waals surface area contributed by atoms with E-state index in [0.29, 0.717) is 45.8 Å². The predicted octanol–water partition coefficient (Wildman–Crippen LogP) is 4.04. The third kappa shape index (κ3) is 5.88. The second kappa shape index (κ2) is 11.3. The molecule has 1 aliphatic carbocycles. The lowest BCUT2D eigenvalue weighted by Gasteiger charge is -2.44. The zero-order valence-corrected chi connectivity index (χ0v) is 24.1. The van der Waals surface area contributed by atoms with Crippen molar-refractivity contribution >= 4 is 44.2 Å². The van der Waals surface area contributed by atoms with Crippen LogP contribution in [-0.2, 0) is 14.6 Å². The van der Waals surface area contributed by atoms with Gasteiger partial charge in [0.2, 0.25) is 5.91 Å². The minimum absolute atomic E-state index is 0.0205. The molecule has 0 unspecified atom stereocenters. The second-order valence-electron chi connectivity index (χ2n) is 10.9. The van der Waals surface area contributed by atoms with Crippen molar-refractivity contribution in [3.8, 4) is 0 Å². The van der Waals surface area contributed by atoms with E-state index in [1.54, 1.807) is 30.3 Å². The fraction of sp³-hybridized carbons (Fsp3) is 0.500. The van der Waals surface area contributed by atoms with E-state index in [-0.39, 0.29) is 29.7 Å². The molecule has 1 aromatic carbocycles. The summed E-state index contributed by atoms with van der Waals surface area (Å²) < 4.78 is 26.9. The number of anilines is 1. The van der Waals surface area contributed by atoms with E-state index >= 15 is 0 Å². The number of carbonyl (C=O) groups is 1. The van der Waals surface area contributed by atoms with E-state index in [1.807, 2.05) is 11.0 Å². The highest BCUT2D eigenvalue weighted by atomic mass is 35.5. The molecule has 3 heterocycles. The monoisotopic (exact) mass is 570 g/mol. The Labute approximate surface area is 234 Å². The largest absolute Gasteiger partial charge is 0.358 e. The van der Waals surface area contributed by atoms with Gasteiger partial charge in [-0.1, -0.05) is 29.8 Å². The van der Waals surface area contributed by atoms with Crippen LogP contribution in [0.4, 0.5) is 5.82 Å². The number of aromatic nitrogens is 3. The molecule has 1 aliphatic heterocycles. The van der Waals surface area contributed by atoms with Crippen molar-refractivity contribution in [2.24, 2.45) is 5.92 Å². The van der Waals surface area contributed by atoms with Gasteiger partial charge in [-0.3, -0.25) is 4.79 Å². The normalized spacial score (nSPS) is 24.2. The Hall–Kier alpha value is -2.82. The van der Waals surface area contributed by atoms with Crippen LogP contribution in [0.3, 0.4) is 0 Å². The summed E-state index contributed by atoms with van der Waals surface area (Å²) in [5.41, 5.74) is 0.498. The number of carbonyl (C=O) groups excluding carboxylic acids is 1. The van der Waals surface area contributed by atoms with Crippen LogP contribution in [0.2, 0.25) is 5.02 Å². The fourth-order valence-corrected chi connectivity index (χ4v) is 7.82. The van der Waals surface area contributed by atoms with Crippen LogP contribution in [0.1, 0.15) is 39.5 Å². The van der Waals surface area contributed by atoms with Gasteiger partial charge in [-0.15, -0.1) is 0 Å². The summed E-state index contributed by atoms with van der Waals surface area (Å²) in [6.07, 6.45) is 5.96. The lowest BCUT2D eigenvalue weighted by Crippen LogP contribution is -2.52. The molecular formula is C28H35ClN6O3S. The summed E-state index contributed by atoms with van der Waals surface area (Å²) in [6, 6.07) is 10.4. The van der Waals surface area contributed by atoms with Crippen LogP contribution in [0, 0.1) is 5.92 Å². The van der Waals surface area contributed by atoms with Crippen LogP contribution in [-0.4, -0.2) is 82.6 Å². The van der Waals surface area contributed by atoms with E-state index in [0.717, 1.165) is 19.3 Å². The Morgan fingerprint density at radius 1 is 1.13 bits per heavy atom. The molecule has 0 spiro atoms. The highest BCUT2D eigenvalue weighted by Gasteiger charge is 2.44. The van der Waals surface area contributed by atoms with Crippen molar-refractivity contribution in [1.29, 1.82) is 0 Å². The molecule has 9 nitrogen and oxygen atoms in total. The Kier molecular flexibility index (Phi) is 8.07. The van der Waals surface area contributed by atoms with Crippen molar-refractivity contribution in [3.63, 3.8) is 0 Å². The highest BCUT2D eigenvalue weighted by Crippen LogP contribution is 2.36. The Balaban J connectivity index is 1.37. The molecule has 1 amide bonds. The van der Waals surface area contributed by atoms with Crippen molar-refractivity contribution in [1.82, 2.24) is 24.8 Å². The van der Waals surface area contributed by atoms with Gasteiger partial charge < -0.3 is 15.1 Å². The van der Waals surface area contributed by atoms with Gasteiger partial charge in [-0.25, -0.2) is 23.4 Å². The molecule has 4 atom stereocenters. The maximum absolute atomic E-state index is 13.7. The first-order valence-corrected chi connectivity index (χ1v) is 15.5. The second-order valence-corrected chi connectivity index (χ2v) is 13.4. The number of nitrogens with one attached hydrogen (secondary N) is 1. The van der Waals surface area contributed by atoms with Crippen LogP contribution in [0.5, 0.6) is 0 Å². The van der Waals surface area contributed by atoms with Gasteiger partial charge in [-0.05, 0) is 70.7 Å². The van der Waals surface area contributed by atoms with E-state index in [9.17, 15) is 13.2 Å². The summed E-state index contributed by atoms with van der Waals surface area (Å²) in [6.45, 7) is 4.87. The maximum atomic E-state index is 13.7. The number of amides is 1. The van der Waals surface area contributed by atoms with Crippen molar-refractivity contribution in [2.45, 2.75) is 68.6 Å². The Morgan fingerprint density at radius 3 is 2.64 bits per heavy atom. The quantitative estimate of drug-likeness (QED) is 0.432. The molecule has 2 aliphatic rings. The summed E-state index contributed by atoms with van der Waals surface area (Å²) in [5, 5.41) is 4.41. The minimum Gasteiger partial charge on any atom is -0.358 e. The summed E-state index contributed by atoms with van der Waals surface area (Å²) in [5.74, 6) is 0.341. The molecule has 2 fully saturated rings. The third-order valence-electron chi connectivity index (χ3n) is 8.25. The highest BCUT2D eigenvalue weighted by molar-refractivity contribution is 7.91. The molecule has 1 saturated carbocycles. The van der Waals surface area contributed by atoms with Gasteiger partial charge >= 0.3 is 0 Å². The van der Waals surface area contributed by atoms with Gasteiger partial charge in [0.15, 0.2) is 15.5 Å². The smallest absolute Gasteiger partial charge is 0.245 e. The van der Waals surface area contributed by atoms with Crippen LogP contribution in [0.15, 0.2) is 53.8 Å². The number of pyridine rings is 1. The number of hydrogen-bond acceptors (Lipinski definition) is 8. The summed E-state index contributed by atoms with van der Waals surface area (Å²) >= 11 is 6.15. The average molecular weight is 571 g/mol. The molecule has 208 valence electrons. The number of hydrogen-bond donors (Lipinski definition) is 1. The average Bonchev–Trinajstić information content (AvgIpc) is 3.28. The molecule has 39 heavy (non-hydrogen) atoms. The zero-order chi connectivity index (χ0) is 27.7. The van der Waals surface area contributed by atoms with Crippen LogP contribution >= 0.6 is 11.6 Å².